The van der Waals surface area contributed by atoms with Crippen molar-refractivity contribution in [2.75, 3.05) is 45.9 Å². The highest BCUT2D eigenvalue weighted by Crippen LogP contribution is 2.11. The maximum Gasteiger partial charge on any atom is 0.0506 e. The van der Waals surface area contributed by atoms with Crippen LogP contribution in [0.15, 0.2) is 0 Å². The SMILES string of the molecule is CCCN(CC)CCNCC1CCCOC1. The van der Waals surface area contributed by atoms with E-state index >= 15 is 0 Å². The highest BCUT2D eigenvalue weighted by molar-refractivity contribution is 4.66. The van der Waals surface area contributed by atoms with Gasteiger partial charge in [-0.3, -0.25) is 0 Å². The first-order valence-electron chi connectivity index (χ1n) is 6.87. The molecule has 1 atom stereocenters. The zero-order valence-electron chi connectivity index (χ0n) is 11.0. The van der Waals surface area contributed by atoms with Crippen LogP contribution in [0, 0.1) is 5.92 Å². The van der Waals surface area contributed by atoms with Crippen molar-refractivity contribution < 1.29 is 4.74 Å². The first-order valence-corrected chi connectivity index (χ1v) is 6.87. The fourth-order valence-corrected chi connectivity index (χ4v) is 2.26. The van der Waals surface area contributed by atoms with E-state index in [0.717, 1.165) is 32.2 Å². The van der Waals surface area contributed by atoms with E-state index < -0.39 is 0 Å². The second-order valence-corrected chi connectivity index (χ2v) is 4.72. The molecule has 3 heteroatoms. The largest absolute Gasteiger partial charge is 0.381 e. The molecule has 1 heterocycles. The third kappa shape index (κ3) is 5.83. The second-order valence-electron chi connectivity index (χ2n) is 4.72. The summed E-state index contributed by atoms with van der Waals surface area (Å²) in [5.41, 5.74) is 0. The van der Waals surface area contributed by atoms with Crippen LogP contribution in [0.3, 0.4) is 0 Å². The molecule has 0 bridgehead atoms. The van der Waals surface area contributed by atoms with Crippen molar-refractivity contribution in [3.8, 4) is 0 Å². The quantitative estimate of drug-likeness (QED) is 0.640. The minimum absolute atomic E-state index is 0.745. The molecule has 1 rings (SSSR count). The summed E-state index contributed by atoms with van der Waals surface area (Å²) in [5.74, 6) is 0.745. The van der Waals surface area contributed by atoms with Crippen molar-refractivity contribution in [1.82, 2.24) is 10.2 Å². The molecular weight excluding hydrogens is 200 g/mol. The average molecular weight is 228 g/mol. The lowest BCUT2D eigenvalue weighted by Gasteiger charge is -2.24. The molecule has 0 saturated carbocycles. The molecule has 1 saturated heterocycles. The predicted octanol–water partition coefficient (Wildman–Crippen LogP) is 1.73. The molecule has 1 aliphatic heterocycles. The van der Waals surface area contributed by atoms with Crippen molar-refractivity contribution in [2.24, 2.45) is 5.92 Å². The Hall–Kier alpha value is -0.120. The van der Waals surface area contributed by atoms with Gasteiger partial charge in [-0.2, -0.15) is 0 Å². The van der Waals surface area contributed by atoms with E-state index in [-0.39, 0.29) is 0 Å². The van der Waals surface area contributed by atoms with Crippen molar-refractivity contribution >= 4 is 0 Å². The standard InChI is InChI=1S/C13H28N2O/c1-3-8-15(4-2)9-7-14-11-13-6-5-10-16-12-13/h13-14H,3-12H2,1-2H3. The van der Waals surface area contributed by atoms with Crippen LogP contribution in [0.1, 0.15) is 33.1 Å². The van der Waals surface area contributed by atoms with E-state index in [2.05, 4.69) is 24.1 Å². The lowest BCUT2D eigenvalue weighted by molar-refractivity contribution is 0.0547. The van der Waals surface area contributed by atoms with Gasteiger partial charge in [-0.1, -0.05) is 13.8 Å². The number of nitrogens with zero attached hydrogens (tertiary/aromatic N) is 1. The molecule has 1 fully saturated rings. The van der Waals surface area contributed by atoms with E-state index in [0.29, 0.717) is 0 Å². The average Bonchev–Trinajstić information content (AvgIpc) is 2.34. The highest BCUT2D eigenvalue weighted by Gasteiger charge is 2.12. The molecule has 1 aliphatic rings. The van der Waals surface area contributed by atoms with E-state index in [1.54, 1.807) is 0 Å². The van der Waals surface area contributed by atoms with Gasteiger partial charge >= 0.3 is 0 Å². The maximum absolute atomic E-state index is 5.47. The van der Waals surface area contributed by atoms with Gasteiger partial charge in [0.15, 0.2) is 0 Å². The Balaban J connectivity index is 1.97. The summed E-state index contributed by atoms with van der Waals surface area (Å²) < 4.78 is 5.47. The molecule has 0 radical (unpaired) electrons. The van der Waals surface area contributed by atoms with Crippen molar-refractivity contribution in [2.45, 2.75) is 33.1 Å². The molecule has 1 unspecified atom stereocenters. The van der Waals surface area contributed by atoms with E-state index in [9.17, 15) is 0 Å². The molecule has 0 aromatic heterocycles. The Morgan fingerprint density at radius 2 is 2.19 bits per heavy atom. The second kappa shape index (κ2) is 8.97. The van der Waals surface area contributed by atoms with Crippen LogP contribution < -0.4 is 5.32 Å². The summed E-state index contributed by atoms with van der Waals surface area (Å²) in [4.78, 5) is 2.50. The van der Waals surface area contributed by atoms with Crippen LogP contribution in [0.4, 0.5) is 0 Å². The summed E-state index contributed by atoms with van der Waals surface area (Å²) in [6.45, 7) is 12.2. The third-order valence-electron chi connectivity index (χ3n) is 3.28. The van der Waals surface area contributed by atoms with Crippen molar-refractivity contribution in [3.05, 3.63) is 0 Å². The van der Waals surface area contributed by atoms with E-state index in [4.69, 9.17) is 4.74 Å². The molecule has 1 N–H and O–H groups in total. The number of likely N-dealkylation sites (N-methyl/N-ethyl adjacent to an activating group) is 1. The number of ether oxygens (including phenoxy) is 1. The lowest BCUT2D eigenvalue weighted by atomic mass is 10.0. The fraction of sp³-hybridized carbons (Fsp3) is 1.00. The molecule has 0 amide bonds. The van der Waals surface area contributed by atoms with Crippen LogP contribution >= 0.6 is 0 Å². The van der Waals surface area contributed by atoms with Crippen molar-refractivity contribution in [3.63, 3.8) is 0 Å². The van der Waals surface area contributed by atoms with Gasteiger partial charge in [0, 0.05) is 26.2 Å². The molecule has 0 aromatic rings. The zero-order chi connectivity index (χ0) is 11.6. The Bertz CT molecular complexity index is 151. The topological polar surface area (TPSA) is 24.5 Å². The fourth-order valence-electron chi connectivity index (χ4n) is 2.26. The Labute approximate surface area is 101 Å². The van der Waals surface area contributed by atoms with Crippen LogP contribution in [0.2, 0.25) is 0 Å². The van der Waals surface area contributed by atoms with Gasteiger partial charge in [-0.25, -0.2) is 0 Å². The van der Waals surface area contributed by atoms with Gasteiger partial charge in [-0.05, 0) is 38.3 Å². The summed E-state index contributed by atoms with van der Waals surface area (Å²) >= 11 is 0. The predicted molar refractivity (Wildman–Crippen MR) is 68.8 cm³/mol. The molecule has 0 spiro atoms. The summed E-state index contributed by atoms with van der Waals surface area (Å²) in [7, 11) is 0. The van der Waals surface area contributed by atoms with Gasteiger partial charge in [0.25, 0.3) is 0 Å². The normalized spacial score (nSPS) is 21.6. The van der Waals surface area contributed by atoms with E-state index in [1.807, 2.05) is 0 Å². The first-order chi connectivity index (χ1) is 7.86. The Morgan fingerprint density at radius 3 is 2.81 bits per heavy atom. The minimum atomic E-state index is 0.745. The van der Waals surface area contributed by atoms with Gasteiger partial charge in [0.2, 0.25) is 0 Å². The lowest BCUT2D eigenvalue weighted by Crippen LogP contribution is -2.36. The Morgan fingerprint density at radius 1 is 1.31 bits per heavy atom. The molecule has 3 nitrogen and oxygen atoms in total. The van der Waals surface area contributed by atoms with E-state index in [1.165, 1.54) is 38.9 Å². The monoisotopic (exact) mass is 228 g/mol. The third-order valence-corrected chi connectivity index (χ3v) is 3.28. The molecular formula is C13H28N2O. The van der Waals surface area contributed by atoms with Crippen LogP contribution in [0.5, 0.6) is 0 Å². The van der Waals surface area contributed by atoms with Crippen LogP contribution in [0.25, 0.3) is 0 Å². The molecule has 16 heavy (non-hydrogen) atoms. The molecule has 96 valence electrons. The number of hydrogen-bond donors (Lipinski definition) is 1. The Kier molecular flexibility index (Phi) is 7.81. The summed E-state index contributed by atoms with van der Waals surface area (Å²) in [5, 5.41) is 3.56. The van der Waals surface area contributed by atoms with Gasteiger partial charge in [0.1, 0.15) is 0 Å². The first kappa shape index (κ1) is 13.9. The number of hydrogen-bond acceptors (Lipinski definition) is 3. The van der Waals surface area contributed by atoms with Gasteiger partial charge in [-0.15, -0.1) is 0 Å². The number of rotatable bonds is 8. The van der Waals surface area contributed by atoms with Gasteiger partial charge < -0.3 is 15.0 Å². The summed E-state index contributed by atoms with van der Waals surface area (Å²) in [6, 6.07) is 0. The smallest absolute Gasteiger partial charge is 0.0506 e. The molecule has 0 aliphatic carbocycles. The summed E-state index contributed by atoms with van der Waals surface area (Å²) in [6.07, 6.45) is 3.83. The zero-order valence-corrected chi connectivity index (χ0v) is 11.0. The highest BCUT2D eigenvalue weighted by atomic mass is 16.5. The van der Waals surface area contributed by atoms with Gasteiger partial charge in [0.05, 0.1) is 6.61 Å². The maximum atomic E-state index is 5.47. The van der Waals surface area contributed by atoms with Crippen LogP contribution in [-0.4, -0.2) is 50.8 Å². The minimum Gasteiger partial charge on any atom is -0.381 e. The molecule has 0 aromatic carbocycles. The number of nitrogens with one attached hydrogen (secondary N) is 1. The van der Waals surface area contributed by atoms with Crippen LogP contribution in [-0.2, 0) is 4.74 Å². The van der Waals surface area contributed by atoms with Crippen molar-refractivity contribution in [1.29, 1.82) is 0 Å².